The molecule has 0 radical (unpaired) electrons. The molecule has 4 nitrogen and oxygen atoms in total. The van der Waals surface area contributed by atoms with E-state index < -0.39 is 5.82 Å². The highest BCUT2D eigenvalue weighted by Crippen LogP contribution is 2.20. The number of ketones is 1. The zero-order valence-electron chi connectivity index (χ0n) is 11.6. The van der Waals surface area contributed by atoms with Crippen LogP contribution in [0.25, 0.3) is 0 Å². The molecule has 2 rings (SSSR count). The summed E-state index contributed by atoms with van der Waals surface area (Å²) in [6, 6.07) is 6.23. The van der Waals surface area contributed by atoms with Gasteiger partial charge in [-0.05, 0) is 38.4 Å². The number of rotatable bonds is 5. The van der Waals surface area contributed by atoms with Crippen molar-refractivity contribution in [3.8, 4) is 0 Å². The number of halogens is 1. The van der Waals surface area contributed by atoms with Crippen molar-refractivity contribution in [3.63, 3.8) is 0 Å². The molecule has 0 saturated carbocycles. The topological polar surface area (TPSA) is 49.4 Å². The summed E-state index contributed by atoms with van der Waals surface area (Å²) in [5, 5.41) is 2.57. The first-order valence-electron chi connectivity index (χ1n) is 6.84. The van der Waals surface area contributed by atoms with E-state index >= 15 is 0 Å². The van der Waals surface area contributed by atoms with Crippen LogP contribution in [0.4, 0.5) is 10.1 Å². The highest BCUT2D eigenvalue weighted by molar-refractivity contribution is 5.92. The summed E-state index contributed by atoms with van der Waals surface area (Å²) in [6.07, 6.45) is 2.41. The highest BCUT2D eigenvalue weighted by Gasteiger charge is 2.27. The summed E-state index contributed by atoms with van der Waals surface area (Å²) in [7, 11) is 0. The first-order valence-corrected chi connectivity index (χ1v) is 6.84. The normalized spacial score (nSPS) is 19.0. The lowest BCUT2D eigenvalue weighted by atomic mass is 10.1. The van der Waals surface area contributed by atoms with E-state index in [0.29, 0.717) is 6.42 Å². The van der Waals surface area contributed by atoms with Crippen LogP contribution in [0.5, 0.6) is 0 Å². The molecule has 1 N–H and O–H groups in total. The van der Waals surface area contributed by atoms with Gasteiger partial charge >= 0.3 is 0 Å². The van der Waals surface area contributed by atoms with Gasteiger partial charge < -0.3 is 5.32 Å². The number of benzene rings is 1. The number of carbonyl (C=O) groups excluding carboxylic acids is 2. The number of hydrogen-bond acceptors (Lipinski definition) is 3. The highest BCUT2D eigenvalue weighted by atomic mass is 19.1. The molecule has 1 heterocycles. The fourth-order valence-corrected chi connectivity index (χ4v) is 2.60. The predicted octanol–water partition coefficient (Wildman–Crippen LogP) is 2.21. The summed E-state index contributed by atoms with van der Waals surface area (Å²) < 4.78 is 13.4. The minimum Gasteiger partial charge on any atom is -0.322 e. The minimum atomic E-state index is -0.442. The Kier molecular flexibility index (Phi) is 4.84. The summed E-state index contributed by atoms with van der Waals surface area (Å²) in [6.45, 7) is 2.57. The van der Waals surface area contributed by atoms with Crippen molar-refractivity contribution < 1.29 is 14.0 Å². The number of amides is 1. The SMILES string of the molecule is CC(=O)CC1CCCN1CC(=O)Nc1ccccc1F. The van der Waals surface area contributed by atoms with Gasteiger partial charge in [-0.3, -0.25) is 14.5 Å². The van der Waals surface area contributed by atoms with Gasteiger partial charge in [-0.2, -0.15) is 0 Å². The van der Waals surface area contributed by atoms with Crippen LogP contribution < -0.4 is 5.32 Å². The Morgan fingerprint density at radius 3 is 2.85 bits per heavy atom. The van der Waals surface area contributed by atoms with Gasteiger partial charge in [0.15, 0.2) is 0 Å². The molecule has 0 spiro atoms. The molecule has 1 amide bonds. The minimum absolute atomic E-state index is 0.136. The third-order valence-corrected chi connectivity index (χ3v) is 3.52. The second kappa shape index (κ2) is 6.61. The third kappa shape index (κ3) is 3.87. The van der Waals surface area contributed by atoms with Crippen LogP contribution in [0, 0.1) is 5.82 Å². The molecule has 1 saturated heterocycles. The molecule has 0 aliphatic carbocycles. The summed E-state index contributed by atoms with van der Waals surface area (Å²) in [4.78, 5) is 25.1. The maximum Gasteiger partial charge on any atom is 0.238 e. The monoisotopic (exact) mass is 278 g/mol. The number of likely N-dealkylation sites (tertiary alicyclic amines) is 1. The van der Waals surface area contributed by atoms with Gasteiger partial charge in [-0.1, -0.05) is 12.1 Å². The number of hydrogen-bond donors (Lipinski definition) is 1. The summed E-state index contributed by atoms with van der Waals surface area (Å²) in [5.41, 5.74) is 0.194. The van der Waals surface area contributed by atoms with Crippen molar-refractivity contribution in [2.24, 2.45) is 0 Å². The van der Waals surface area contributed by atoms with Crippen molar-refractivity contribution in [3.05, 3.63) is 30.1 Å². The van der Waals surface area contributed by atoms with Crippen molar-refractivity contribution >= 4 is 17.4 Å². The molecular weight excluding hydrogens is 259 g/mol. The van der Waals surface area contributed by atoms with Crippen molar-refractivity contribution in [2.45, 2.75) is 32.2 Å². The Hall–Kier alpha value is -1.75. The molecular formula is C15H19FN2O2. The Morgan fingerprint density at radius 2 is 2.15 bits per heavy atom. The largest absolute Gasteiger partial charge is 0.322 e. The second-order valence-electron chi connectivity index (χ2n) is 5.20. The molecule has 108 valence electrons. The average molecular weight is 278 g/mol. The van der Waals surface area contributed by atoms with Crippen LogP contribution in [0.2, 0.25) is 0 Å². The third-order valence-electron chi connectivity index (χ3n) is 3.52. The van der Waals surface area contributed by atoms with Crippen LogP contribution in [0.1, 0.15) is 26.2 Å². The van der Waals surface area contributed by atoms with Crippen LogP contribution in [0.3, 0.4) is 0 Å². The van der Waals surface area contributed by atoms with Crippen molar-refractivity contribution in [2.75, 3.05) is 18.4 Å². The number of nitrogens with zero attached hydrogens (tertiary/aromatic N) is 1. The maximum absolute atomic E-state index is 13.4. The molecule has 1 unspecified atom stereocenters. The second-order valence-corrected chi connectivity index (χ2v) is 5.20. The van der Waals surface area contributed by atoms with Crippen LogP contribution in [-0.2, 0) is 9.59 Å². The lowest BCUT2D eigenvalue weighted by Crippen LogP contribution is -2.37. The van der Waals surface area contributed by atoms with Crippen LogP contribution >= 0.6 is 0 Å². The van der Waals surface area contributed by atoms with Crippen molar-refractivity contribution in [1.29, 1.82) is 0 Å². The molecule has 1 aliphatic rings. The molecule has 20 heavy (non-hydrogen) atoms. The van der Waals surface area contributed by atoms with Gasteiger partial charge in [0.2, 0.25) is 5.91 Å². The molecule has 1 aliphatic heterocycles. The van der Waals surface area contributed by atoms with Gasteiger partial charge in [0.25, 0.3) is 0 Å². The van der Waals surface area contributed by atoms with Gasteiger partial charge in [-0.25, -0.2) is 4.39 Å². The Balaban J connectivity index is 1.91. The van der Waals surface area contributed by atoms with E-state index in [9.17, 15) is 14.0 Å². The molecule has 0 bridgehead atoms. The first-order chi connectivity index (χ1) is 9.56. The lowest BCUT2D eigenvalue weighted by Gasteiger charge is -2.22. The number of nitrogens with one attached hydrogen (secondary N) is 1. The van der Waals surface area contributed by atoms with Gasteiger partial charge in [0.05, 0.1) is 12.2 Å². The van der Waals surface area contributed by atoms with E-state index in [4.69, 9.17) is 0 Å². The molecule has 1 atom stereocenters. The standard InChI is InChI=1S/C15H19FN2O2/c1-11(19)9-12-5-4-8-18(12)10-15(20)17-14-7-3-2-6-13(14)16/h2-3,6-7,12H,4-5,8-10H2,1H3,(H,17,20). The quantitative estimate of drug-likeness (QED) is 0.898. The molecule has 0 aromatic heterocycles. The fraction of sp³-hybridized carbons (Fsp3) is 0.467. The Morgan fingerprint density at radius 1 is 1.40 bits per heavy atom. The maximum atomic E-state index is 13.4. The van der Waals surface area contributed by atoms with E-state index in [2.05, 4.69) is 5.32 Å². The molecule has 1 aromatic carbocycles. The predicted molar refractivity (Wildman–Crippen MR) is 74.9 cm³/mol. The Bertz CT molecular complexity index is 504. The number of anilines is 1. The summed E-state index contributed by atoms with van der Waals surface area (Å²) in [5.74, 6) is -0.551. The first kappa shape index (κ1) is 14.7. The van der Waals surface area contributed by atoms with Crippen molar-refractivity contribution in [1.82, 2.24) is 4.90 Å². The van der Waals surface area contributed by atoms with Crippen LogP contribution in [0.15, 0.2) is 24.3 Å². The van der Waals surface area contributed by atoms with E-state index in [-0.39, 0.29) is 30.0 Å². The fourth-order valence-electron chi connectivity index (χ4n) is 2.60. The van der Waals surface area contributed by atoms with E-state index in [1.54, 1.807) is 19.1 Å². The smallest absolute Gasteiger partial charge is 0.238 e. The molecule has 5 heteroatoms. The zero-order chi connectivity index (χ0) is 14.5. The molecule has 1 aromatic rings. The molecule has 1 fully saturated rings. The average Bonchev–Trinajstić information content (AvgIpc) is 2.78. The van der Waals surface area contributed by atoms with Gasteiger partial charge in [-0.15, -0.1) is 0 Å². The number of Topliss-reactive ketones (excluding diaryl/α,β-unsaturated/α-hetero) is 1. The number of para-hydroxylation sites is 1. The number of carbonyl (C=O) groups is 2. The Labute approximate surface area is 118 Å². The van der Waals surface area contributed by atoms with Gasteiger partial charge in [0.1, 0.15) is 11.6 Å². The zero-order valence-corrected chi connectivity index (χ0v) is 11.6. The van der Waals surface area contributed by atoms with E-state index in [0.717, 1.165) is 19.4 Å². The van der Waals surface area contributed by atoms with Gasteiger partial charge in [0, 0.05) is 12.5 Å². The van der Waals surface area contributed by atoms with E-state index in [1.165, 1.54) is 12.1 Å². The van der Waals surface area contributed by atoms with E-state index in [1.807, 2.05) is 4.90 Å². The lowest BCUT2D eigenvalue weighted by molar-refractivity contribution is -0.120. The summed E-state index contributed by atoms with van der Waals surface area (Å²) >= 11 is 0. The van der Waals surface area contributed by atoms with Crippen LogP contribution in [-0.4, -0.2) is 35.7 Å².